The molecule has 18 heavy (non-hydrogen) atoms. The van der Waals surface area contributed by atoms with Crippen LogP contribution in [-0.2, 0) is 11.3 Å². The third kappa shape index (κ3) is 2.91. The third-order valence-electron chi connectivity index (χ3n) is 2.36. The molecule has 6 nitrogen and oxygen atoms in total. The number of hydrogen-bond acceptors (Lipinski definition) is 6. The van der Waals surface area contributed by atoms with E-state index < -0.39 is 0 Å². The average Bonchev–Trinajstić information content (AvgIpc) is 2.86. The standard InChI is InChI=1S/C12H16N4O2/c1-3-17-7-10-6-9(4-5-14-10)11-15-12(8(2)13)18-16-11/h4-6,8H,3,7,13H2,1-2H3. The number of nitrogens with two attached hydrogens (primary N) is 1. The van der Waals surface area contributed by atoms with E-state index in [1.54, 1.807) is 13.1 Å². The zero-order chi connectivity index (χ0) is 13.0. The Morgan fingerprint density at radius 1 is 1.50 bits per heavy atom. The predicted octanol–water partition coefficient (Wildman–Crippen LogP) is 1.69. The number of hydrogen-bond donors (Lipinski definition) is 1. The first kappa shape index (κ1) is 12.7. The van der Waals surface area contributed by atoms with Gasteiger partial charge < -0.3 is 15.0 Å². The maximum atomic E-state index is 5.67. The van der Waals surface area contributed by atoms with E-state index in [4.69, 9.17) is 15.0 Å². The lowest BCUT2D eigenvalue weighted by Crippen LogP contribution is -2.04. The van der Waals surface area contributed by atoms with Crippen LogP contribution in [0.15, 0.2) is 22.9 Å². The summed E-state index contributed by atoms with van der Waals surface area (Å²) < 4.78 is 10.4. The highest BCUT2D eigenvalue weighted by Crippen LogP contribution is 2.18. The largest absolute Gasteiger partial charge is 0.375 e. The van der Waals surface area contributed by atoms with Crippen LogP contribution in [0.2, 0.25) is 0 Å². The van der Waals surface area contributed by atoms with E-state index in [0.29, 0.717) is 24.9 Å². The summed E-state index contributed by atoms with van der Waals surface area (Å²) in [5.41, 5.74) is 7.35. The molecular weight excluding hydrogens is 232 g/mol. The van der Waals surface area contributed by atoms with E-state index >= 15 is 0 Å². The Hall–Kier alpha value is -1.79. The molecule has 1 unspecified atom stereocenters. The monoisotopic (exact) mass is 248 g/mol. The minimum Gasteiger partial charge on any atom is -0.375 e. The minimum absolute atomic E-state index is 0.268. The first-order chi connectivity index (χ1) is 8.70. The number of aromatic nitrogens is 3. The first-order valence-corrected chi connectivity index (χ1v) is 5.83. The Bertz CT molecular complexity index is 510. The Morgan fingerprint density at radius 3 is 3.00 bits per heavy atom. The number of rotatable bonds is 5. The minimum atomic E-state index is -0.268. The van der Waals surface area contributed by atoms with Crippen LogP contribution in [-0.4, -0.2) is 21.7 Å². The highest BCUT2D eigenvalue weighted by Gasteiger charge is 2.12. The van der Waals surface area contributed by atoms with Crippen molar-refractivity contribution in [1.82, 2.24) is 15.1 Å². The second kappa shape index (κ2) is 5.70. The smallest absolute Gasteiger partial charge is 0.243 e. The maximum Gasteiger partial charge on any atom is 0.243 e. The highest BCUT2D eigenvalue weighted by atomic mass is 16.5. The summed E-state index contributed by atoms with van der Waals surface area (Å²) in [7, 11) is 0. The van der Waals surface area contributed by atoms with Gasteiger partial charge in [0, 0.05) is 18.4 Å². The van der Waals surface area contributed by atoms with Crippen molar-refractivity contribution in [3.8, 4) is 11.4 Å². The molecule has 0 spiro atoms. The van der Waals surface area contributed by atoms with Crippen LogP contribution in [0.4, 0.5) is 0 Å². The van der Waals surface area contributed by atoms with Gasteiger partial charge in [0.15, 0.2) is 0 Å². The fraction of sp³-hybridized carbons (Fsp3) is 0.417. The molecule has 0 amide bonds. The Morgan fingerprint density at radius 2 is 2.33 bits per heavy atom. The van der Waals surface area contributed by atoms with Crippen molar-refractivity contribution < 1.29 is 9.26 Å². The van der Waals surface area contributed by atoms with Crippen molar-refractivity contribution in [2.75, 3.05) is 6.61 Å². The number of pyridine rings is 1. The van der Waals surface area contributed by atoms with Gasteiger partial charge in [0.25, 0.3) is 0 Å². The molecule has 0 aliphatic carbocycles. The van der Waals surface area contributed by atoms with Crippen molar-refractivity contribution in [1.29, 1.82) is 0 Å². The van der Waals surface area contributed by atoms with E-state index in [1.165, 1.54) is 0 Å². The summed E-state index contributed by atoms with van der Waals surface area (Å²) in [6, 6.07) is 3.44. The van der Waals surface area contributed by atoms with Gasteiger partial charge in [-0.3, -0.25) is 4.98 Å². The maximum absolute atomic E-state index is 5.67. The second-order valence-corrected chi connectivity index (χ2v) is 3.92. The summed E-state index contributed by atoms with van der Waals surface area (Å²) in [5, 5.41) is 3.89. The van der Waals surface area contributed by atoms with Gasteiger partial charge in [-0.15, -0.1) is 0 Å². The molecule has 0 fully saturated rings. The first-order valence-electron chi connectivity index (χ1n) is 5.83. The van der Waals surface area contributed by atoms with E-state index in [2.05, 4.69) is 15.1 Å². The van der Waals surface area contributed by atoms with Gasteiger partial charge >= 0.3 is 0 Å². The average molecular weight is 248 g/mol. The molecule has 2 heterocycles. The van der Waals surface area contributed by atoms with Crippen molar-refractivity contribution in [3.63, 3.8) is 0 Å². The number of ether oxygens (including phenoxy) is 1. The van der Waals surface area contributed by atoms with Gasteiger partial charge in [0.2, 0.25) is 11.7 Å². The molecular formula is C12H16N4O2. The molecule has 2 aromatic heterocycles. The fourth-order valence-corrected chi connectivity index (χ4v) is 1.44. The zero-order valence-electron chi connectivity index (χ0n) is 10.5. The number of nitrogens with zero attached hydrogens (tertiary/aromatic N) is 3. The second-order valence-electron chi connectivity index (χ2n) is 3.92. The lowest BCUT2D eigenvalue weighted by molar-refractivity contribution is 0.131. The summed E-state index contributed by atoms with van der Waals surface area (Å²) in [6.45, 7) is 4.87. The Balaban J connectivity index is 2.21. The molecule has 0 aromatic carbocycles. The quantitative estimate of drug-likeness (QED) is 0.866. The Kier molecular flexibility index (Phi) is 4.01. The lowest BCUT2D eigenvalue weighted by Gasteiger charge is -2.01. The van der Waals surface area contributed by atoms with Crippen LogP contribution in [0.3, 0.4) is 0 Å². The van der Waals surface area contributed by atoms with Gasteiger partial charge in [-0.25, -0.2) is 0 Å². The van der Waals surface area contributed by atoms with Crippen molar-refractivity contribution in [3.05, 3.63) is 29.9 Å². The molecule has 0 saturated heterocycles. The predicted molar refractivity (Wildman–Crippen MR) is 65.5 cm³/mol. The summed E-state index contributed by atoms with van der Waals surface area (Å²) in [4.78, 5) is 8.44. The van der Waals surface area contributed by atoms with Crippen LogP contribution in [0.25, 0.3) is 11.4 Å². The van der Waals surface area contributed by atoms with Crippen LogP contribution in [0.5, 0.6) is 0 Å². The van der Waals surface area contributed by atoms with Gasteiger partial charge in [0.1, 0.15) is 0 Å². The van der Waals surface area contributed by atoms with E-state index in [-0.39, 0.29) is 6.04 Å². The molecule has 0 saturated carbocycles. The lowest BCUT2D eigenvalue weighted by atomic mass is 10.2. The Labute approximate surface area is 105 Å². The molecule has 6 heteroatoms. The van der Waals surface area contributed by atoms with Crippen LogP contribution < -0.4 is 5.73 Å². The highest BCUT2D eigenvalue weighted by molar-refractivity contribution is 5.53. The van der Waals surface area contributed by atoms with Crippen LogP contribution in [0, 0.1) is 0 Å². The molecule has 0 aliphatic rings. The van der Waals surface area contributed by atoms with Gasteiger partial charge in [-0.1, -0.05) is 5.16 Å². The summed E-state index contributed by atoms with van der Waals surface area (Å²) >= 11 is 0. The van der Waals surface area contributed by atoms with Crippen LogP contribution >= 0.6 is 0 Å². The molecule has 96 valence electrons. The van der Waals surface area contributed by atoms with Crippen molar-refractivity contribution >= 4 is 0 Å². The summed E-state index contributed by atoms with van der Waals surface area (Å²) in [5.74, 6) is 0.940. The van der Waals surface area contributed by atoms with E-state index in [1.807, 2.05) is 19.1 Å². The van der Waals surface area contributed by atoms with Crippen molar-refractivity contribution in [2.24, 2.45) is 5.73 Å². The van der Waals surface area contributed by atoms with E-state index in [0.717, 1.165) is 11.3 Å². The van der Waals surface area contributed by atoms with E-state index in [9.17, 15) is 0 Å². The normalized spacial score (nSPS) is 12.6. The fourth-order valence-electron chi connectivity index (χ4n) is 1.44. The molecule has 0 aliphatic heterocycles. The SMILES string of the molecule is CCOCc1cc(-c2noc(C(C)N)n2)ccn1. The van der Waals surface area contributed by atoms with Gasteiger partial charge in [-0.05, 0) is 26.0 Å². The molecule has 0 bridgehead atoms. The molecule has 2 rings (SSSR count). The van der Waals surface area contributed by atoms with Crippen LogP contribution in [0.1, 0.15) is 31.5 Å². The molecule has 1 atom stereocenters. The molecule has 2 N–H and O–H groups in total. The van der Waals surface area contributed by atoms with Gasteiger partial charge in [-0.2, -0.15) is 4.98 Å². The van der Waals surface area contributed by atoms with Gasteiger partial charge in [0.05, 0.1) is 18.3 Å². The zero-order valence-corrected chi connectivity index (χ0v) is 10.5. The van der Waals surface area contributed by atoms with Crippen molar-refractivity contribution in [2.45, 2.75) is 26.5 Å². The summed E-state index contributed by atoms with van der Waals surface area (Å²) in [6.07, 6.45) is 1.70. The molecule has 0 radical (unpaired) electrons. The molecule has 2 aromatic rings. The third-order valence-corrected chi connectivity index (χ3v) is 2.36. The topological polar surface area (TPSA) is 87.1 Å².